The highest BCUT2D eigenvalue weighted by Crippen LogP contribution is 2.35. The minimum absolute atomic E-state index is 0.0686. The number of ether oxygens (including phenoxy) is 1. The number of hydrogen-bond donors (Lipinski definition) is 1. The summed E-state index contributed by atoms with van der Waals surface area (Å²) in [5.41, 5.74) is 1.47. The minimum atomic E-state index is -0.409. The van der Waals surface area contributed by atoms with E-state index in [0.29, 0.717) is 17.6 Å². The van der Waals surface area contributed by atoms with Gasteiger partial charge in [-0.2, -0.15) is 0 Å². The summed E-state index contributed by atoms with van der Waals surface area (Å²) in [6, 6.07) is 7.36. The molecule has 27 heavy (non-hydrogen) atoms. The summed E-state index contributed by atoms with van der Waals surface area (Å²) < 4.78 is 5.24. The molecule has 6 nitrogen and oxygen atoms in total. The number of fused-ring (bicyclic) bond motifs is 1. The second-order valence-corrected chi connectivity index (χ2v) is 7.56. The molecule has 3 rings (SSSR count). The molecular weight excluding hydrogens is 344 g/mol. The van der Waals surface area contributed by atoms with Gasteiger partial charge in [-0.15, -0.1) is 0 Å². The molecule has 1 aliphatic heterocycles. The molecule has 2 amide bonds. The Kier molecular flexibility index (Phi) is 6.48. The van der Waals surface area contributed by atoms with Gasteiger partial charge in [0.05, 0.1) is 6.42 Å². The molecule has 1 aromatic carbocycles. The lowest BCUT2D eigenvalue weighted by molar-refractivity contribution is -0.154. The van der Waals surface area contributed by atoms with E-state index in [1.54, 1.807) is 24.3 Å². The summed E-state index contributed by atoms with van der Waals surface area (Å²) in [5, 5.41) is 2.68. The van der Waals surface area contributed by atoms with E-state index < -0.39 is 5.97 Å². The number of esters is 1. The van der Waals surface area contributed by atoms with Gasteiger partial charge in [0.15, 0.2) is 6.61 Å². The van der Waals surface area contributed by atoms with E-state index >= 15 is 0 Å². The highest BCUT2D eigenvalue weighted by Gasteiger charge is 2.35. The van der Waals surface area contributed by atoms with Gasteiger partial charge in [0, 0.05) is 25.2 Å². The molecule has 1 aliphatic carbocycles. The van der Waals surface area contributed by atoms with Crippen molar-refractivity contribution in [3.63, 3.8) is 0 Å². The van der Waals surface area contributed by atoms with Gasteiger partial charge in [-0.1, -0.05) is 25.0 Å². The third-order valence-electron chi connectivity index (χ3n) is 5.54. The van der Waals surface area contributed by atoms with Crippen LogP contribution in [0.2, 0.25) is 0 Å². The van der Waals surface area contributed by atoms with E-state index in [9.17, 15) is 14.4 Å². The Morgan fingerprint density at radius 2 is 1.78 bits per heavy atom. The molecule has 6 heteroatoms. The number of rotatable bonds is 5. The Morgan fingerprint density at radius 3 is 2.52 bits per heavy atom. The van der Waals surface area contributed by atoms with Crippen LogP contribution in [0.5, 0.6) is 0 Å². The lowest BCUT2D eigenvalue weighted by atomic mass is 9.78. The average Bonchev–Trinajstić information content (AvgIpc) is 2.67. The predicted molar refractivity (Wildman–Crippen MR) is 102 cm³/mol. The van der Waals surface area contributed by atoms with E-state index in [-0.39, 0.29) is 24.8 Å². The van der Waals surface area contributed by atoms with Crippen LogP contribution in [0, 0.1) is 5.92 Å². The summed E-state index contributed by atoms with van der Waals surface area (Å²) in [6.45, 7) is 2.05. The van der Waals surface area contributed by atoms with Crippen LogP contribution in [0.3, 0.4) is 0 Å². The Morgan fingerprint density at radius 1 is 1.07 bits per heavy atom. The maximum Gasteiger partial charge on any atom is 0.310 e. The molecule has 0 unspecified atom stereocenters. The second-order valence-electron chi connectivity index (χ2n) is 7.56. The predicted octanol–water partition coefficient (Wildman–Crippen LogP) is 2.91. The maximum absolute atomic E-state index is 12.6. The largest absolute Gasteiger partial charge is 0.455 e. The Labute approximate surface area is 160 Å². The van der Waals surface area contributed by atoms with Crippen molar-refractivity contribution in [1.29, 1.82) is 0 Å². The van der Waals surface area contributed by atoms with Crippen LogP contribution in [-0.2, 0) is 25.5 Å². The van der Waals surface area contributed by atoms with Crippen LogP contribution in [0.25, 0.3) is 0 Å². The number of nitrogens with one attached hydrogen (secondary N) is 1. The zero-order valence-corrected chi connectivity index (χ0v) is 15.9. The number of amides is 2. The normalized spacial score (nSPS) is 21.9. The van der Waals surface area contributed by atoms with Gasteiger partial charge in [-0.3, -0.25) is 14.4 Å². The summed E-state index contributed by atoms with van der Waals surface area (Å²) >= 11 is 0. The number of carbonyl (C=O) groups is 3. The lowest BCUT2D eigenvalue weighted by Crippen LogP contribution is -2.50. The van der Waals surface area contributed by atoms with Crippen LogP contribution >= 0.6 is 0 Å². The Balaban J connectivity index is 1.47. The molecule has 2 fully saturated rings. The first-order valence-electron chi connectivity index (χ1n) is 9.84. The standard InChI is InChI=1S/C21H28N2O4/c1-15(24)22-18-10-8-16(9-11-18)13-21(26)27-14-20(25)23-12-4-6-17-5-2-3-7-19(17)23/h8-11,17,19H,2-7,12-14H2,1H3,(H,22,24)/t17-,19+/m0/s1. The SMILES string of the molecule is CC(=O)Nc1ccc(CC(=O)OCC(=O)N2CCC[C@@H]3CCCC[C@H]32)cc1. The number of carbonyl (C=O) groups excluding carboxylic acids is 3. The van der Waals surface area contributed by atoms with Crippen molar-refractivity contribution in [2.75, 3.05) is 18.5 Å². The number of benzene rings is 1. The third-order valence-corrected chi connectivity index (χ3v) is 5.54. The molecule has 0 aromatic heterocycles. The van der Waals surface area contributed by atoms with Crippen molar-refractivity contribution < 1.29 is 19.1 Å². The number of anilines is 1. The molecule has 0 radical (unpaired) electrons. The van der Waals surface area contributed by atoms with Gasteiger partial charge >= 0.3 is 5.97 Å². The first-order valence-corrected chi connectivity index (χ1v) is 9.84. The van der Waals surface area contributed by atoms with Crippen molar-refractivity contribution >= 4 is 23.5 Å². The molecular formula is C21H28N2O4. The van der Waals surface area contributed by atoms with Crippen molar-refractivity contribution in [2.24, 2.45) is 5.92 Å². The van der Waals surface area contributed by atoms with Gasteiger partial charge in [-0.05, 0) is 49.3 Å². The molecule has 1 heterocycles. The van der Waals surface area contributed by atoms with Gasteiger partial charge in [-0.25, -0.2) is 0 Å². The molecule has 0 bridgehead atoms. The van der Waals surface area contributed by atoms with E-state index in [4.69, 9.17) is 4.74 Å². The first kappa shape index (κ1) is 19.4. The fourth-order valence-corrected chi connectivity index (χ4v) is 4.29. The molecule has 2 aliphatic rings. The number of nitrogens with zero attached hydrogens (tertiary/aromatic N) is 1. The summed E-state index contributed by atoms with van der Waals surface area (Å²) in [4.78, 5) is 37.6. The molecule has 1 saturated carbocycles. The van der Waals surface area contributed by atoms with Gasteiger partial charge in [0.2, 0.25) is 5.91 Å². The van der Waals surface area contributed by atoms with Crippen molar-refractivity contribution in [3.05, 3.63) is 29.8 Å². The summed E-state index contributed by atoms with van der Waals surface area (Å²) in [6.07, 6.45) is 7.09. The van der Waals surface area contributed by atoms with Crippen LogP contribution in [0.4, 0.5) is 5.69 Å². The number of piperidine rings is 1. The van der Waals surface area contributed by atoms with Crippen LogP contribution in [0.1, 0.15) is 51.0 Å². The minimum Gasteiger partial charge on any atom is -0.455 e. The highest BCUT2D eigenvalue weighted by molar-refractivity contribution is 5.88. The van der Waals surface area contributed by atoms with Crippen LogP contribution in [0.15, 0.2) is 24.3 Å². The van der Waals surface area contributed by atoms with Crippen molar-refractivity contribution in [3.8, 4) is 0 Å². The van der Waals surface area contributed by atoms with E-state index in [1.807, 2.05) is 4.90 Å². The molecule has 0 spiro atoms. The zero-order valence-electron chi connectivity index (χ0n) is 15.9. The topological polar surface area (TPSA) is 75.7 Å². The van der Waals surface area contributed by atoms with Crippen molar-refractivity contribution in [1.82, 2.24) is 4.90 Å². The lowest BCUT2D eigenvalue weighted by Gasteiger charge is -2.44. The fraction of sp³-hybridized carbons (Fsp3) is 0.571. The van der Waals surface area contributed by atoms with Gasteiger partial charge in [0.25, 0.3) is 5.91 Å². The summed E-state index contributed by atoms with van der Waals surface area (Å²) in [5.74, 6) is 0.00153. The van der Waals surface area contributed by atoms with Crippen LogP contribution < -0.4 is 5.32 Å². The fourth-order valence-electron chi connectivity index (χ4n) is 4.29. The van der Waals surface area contributed by atoms with Crippen LogP contribution in [-0.4, -0.2) is 41.9 Å². The summed E-state index contributed by atoms with van der Waals surface area (Å²) in [7, 11) is 0. The zero-order chi connectivity index (χ0) is 19.2. The first-order chi connectivity index (χ1) is 13.0. The second kappa shape index (κ2) is 9.02. The Bertz CT molecular complexity index is 684. The molecule has 1 N–H and O–H groups in total. The molecule has 146 valence electrons. The third kappa shape index (κ3) is 5.31. The van der Waals surface area contributed by atoms with E-state index in [1.165, 1.54) is 32.6 Å². The van der Waals surface area contributed by atoms with E-state index in [0.717, 1.165) is 24.9 Å². The Hall–Kier alpha value is -2.37. The monoisotopic (exact) mass is 372 g/mol. The highest BCUT2D eigenvalue weighted by atomic mass is 16.5. The average molecular weight is 372 g/mol. The number of likely N-dealkylation sites (tertiary alicyclic amines) is 1. The van der Waals surface area contributed by atoms with Gasteiger partial charge < -0.3 is 15.0 Å². The van der Waals surface area contributed by atoms with Crippen molar-refractivity contribution in [2.45, 2.75) is 57.9 Å². The molecule has 1 aromatic rings. The number of hydrogen-bond acceptors (Lipinski definition) is 4. The smallest absolute Gasteiger partial charge is 0.310 e. The molecule has 1 saturated heterocycles. The van der Waals surface area contributed by atoms with E-state index in [2.05, 4.69) is 5.32 Å². The van der Waals surface area contributed by atoms with Gasteiger partial charge in [0.1, 0.15) is 0 Å². The maximum atomic E-state index is 12.6. The molecule has 2 atom stereocenters. The quantitative estimate of drug-likeness (QED) is 0.807.